The average molecular weight is 367 g/mol. The SMILES string of the molecule is O=C(NC[C@@](O)(c1cccs1)C1CC1)c1cncc(Br)c1. The lowest BCUT2D eigenvalue weighted by Gasteiger charge is -2.27. The molecule has 2 heterocycles. The number of hydrogen-bond donors (Lipinski definition) is 2. The standard InChI is InChI=1S/C15H15BrN2O2S/c16-12-6-10(7-17-8-12)14(19)18-9-15(20,11-3-4-11)13-2-1-5-21-13/h1-2,5-8,11,20H,3-4,9H2,(H,18,19)/t15-/m0/s1. The number of nitrogens with zero attached hydrogens (tertiary/aromatic N) is 1. The van der Waals surface area contributed by atoms with E-state index in [1.165, 1.54) is 17.5 Å². The second-order valence-electron chi connectivity index (χ2n) is 5.25. The summed E-state index contributed by atoms with van der Waals surface area (Å²) in [5, 5.41) is 15.7. The molecule has 1 atom stereocenters. The number of amides is 1. The van der Waals surface area contributed by atoms with Gasteiger partial charge in [-0.3, -0.25) is 9.78 Å². The molecule has 2 aromatic rings. The van der Waals surface area contributed by atoms with Gasteiger partial charge in [0.15, 0.2) is 0 Å². The van der Waals surface area contributed by atoms with Gasteiger partial charge in [-0.25, -0.2) is 0 Å². The number of aliphatic hydroxyl groups is 1. The Labute approximate surface area is 135 Å². The van der Waals surface area contributed by atoms with E-state index in [2.05, 4.69) is 26.2 Å². The number of thiophene rings is 1. The summed E-state index contributed by atoms with van der Waals surface area (Å²) in [5.74, 6) is 0.0107. The molecule has 6 heteroatoms. The van der Waals surface area contributed by atoms with Crippen molar-refractivity contribution in [3.05, 3.63) is 50.9 Å². The number of rotatable bonds is 5. The molecular formula is C15H15BrN2O2S. The van der Waals surface area contributed by atoms with Crippen LogP contribution in [0.4, 0.5) is 0 Å². The predicted octanol–water partition coefficient (Wildman–Crippen LogP) is 2.93. The number of pyridine rings is 1. The highest BCUT2D eigenvalue weighted by atomic mass is 79.9. The highest BCUT2D eigenvalue weighted by Crippen LogP contribution is 2.46. The summed E-state index contributed by atoms with van der Waals surface area (Å²) in [7, 11) is 0. The molecule has 1 amide bonds. The largest absolute Gasteiger partial charge is 0.382 e. The maximum Gasteiger partial charge on any atom is 0.252 e. The van der Waals surface area contributed by atoms with Crippen molar-refractivity contribution in [3.8, 4) is 0 Å². The molecule has 1 aliphatic carbocycles. The number of aromatic nitrogens is 1. The molecule has 110 valence electrons. The molecule has 0 unspecified atom stereocenters. The van der Waals surface area contributed by atoms with Crippen molar-refractivity contribution in [2.45, 2.75) is 18.4 Å². The monoisotopic (exact) mass is 366 g/mol. The molecule has 4 nitrogen and oxygen atoms in total. The Morgan fingerprint density at radius 3 is 2.95 bits per heavy atom. The van der Waals surface area contributed by atoms with Crippen molar-refractivity contribution < 1.29 is 9.90 Å². The third kappa shape index (κ3) is 3.17. The fourth-order valence-corrected chi connectivity index (χ4v) is 3.64. The van der Waals surface area contributed by atoms with Crippen LogP contribution in [0.2, 0.25) is 0 Å². The van der Waals surface area contributed by atoms with E-state index in [1.54, 1.807) is 12.3 Å². The first-order valence-electron chi connectivity index (χ1n) is 6.75. The van der Waals surface area contributed by atoms with Crippen LogP contribution >= 0.6 is 27.3 Å². The molecule has 1 fully saturated rings. The fourth-order valence-electron chi connectivity index (χ4n) is 2.37. The number of carbonyl (C=O) groups is 1. The lowest BCUT2D eigenvalue weighted by Crippen LogP contribution is -2.42. The minimum atomic E-state index is -0.955. The molecule has 2 N–H and O–H groups in total. The first kappa shape index (κ1) is 14.7. The van der Waals surface area contributed by atoms with Gasteiger partial charge in [-0.05, 0) is 52.2 Å². The lowest BCUT2D eigenvalue weighted by molar-refractivity contribution is 0.0169. The number of nitrogens with one attached hydrogen (secondary N) is 1. The molecule has 3 rings (SSSR count). The summed E-state index contributed by atoms with van der Waals surface area (Å²) < 4.78 is 0.755. The van der Waals surface area contributed by atoms with Crippen molar-refractivity contribution in [3.63, 3.8) is 0 Å². The van der Waals surface area contributed by atoms with Crippen LogP contribution in [0.5, 0.6) is 0 Å². The molecular weight excluding hydrogens is 352 g/mol. The Hall–Kier alpha value is -1.24. The second kappa shape index (κ2) is 5.87. The van der Waals surface area contributed by atoms with Gasteiger partial charge in [-0.2, -0.15) is 0 Å². The molecule has 0 radical (unpaired) electrons. The van der Waals surface area contributed by atoms with Crippen molar-refractivity contribution in [2.75, 3.05) is 6.54 Å². The summed E-state index contributed by atoms with van der Waals surface area (Å²) in [6.07, 6.45) is 5.15. The first-order valence-corrected chi connectivity index (χ1v) is 8.42. The van der Waals surface area contributed by atoms with Gasteiger partial charge >= 0.3 is 0 Å². The summed E-state index contributed by atoms with van der Waals surface area (Å²) in [6, 6.07) is 5.56. The van der Waals surface area contributed by atoms with Crippen LogP contribution < -0.4 is 5.32 Å². The Bertz CT molecular complexity index is 643. The summed E-state index contributed by atoms with van der Waals surface area (Å²) in [4.78, 5) is 17.1. The zero-order valence-electron chi connectivity index (χ0n) is 11.3. The molecule has 2 aromatic heterocycles. The molecule has 0 spiro atoms. The minimum Gasteiger partial charge on any atom is -0.382 e. The van der Waals surface area contributed by atoms with Crippen molar-refractivity contribution in [1.29, 1.82) is 0 Å². The average Bonchev–Trinajstić information content (AvgIpc) is 3.19. The van der Waals surface area contributed by atoms with E-state index in [-0.39, 0.29) is 18.4 Å². The highest BCUT2D eigenvalue weighted by molar-refractivity contribution is 9.10. The molecule has 0 aliphatic heterocycles. The van der Waals surface area contributed by atoms with Crippen molar-refractivity contribution >= 4 is 33.2 Å². The van der Waals surface area contributed by atoms with Gasteiger partial charge in [0.25, 0.3) is 5.91 Å². The third-order valence-corrected chi connectivity index (χ3v) is 5.16. The van der Waals surface area contributed by atoms with E-state index in [0.29, 0.717) is 5.56 Å². The first-order chi connectivity index (χ1) is 10.1. The van der Waals surface area contributed by atoms with Gasteiger partial charge in [0.1, 0.15) is 5.60 Å². The number of halogens is 1. The molecule has 1 saturated carbocycles. The Kier molecular flexibility index (Phi) is 4.10. The zero-order valence-corrected chi connectivity index (χ0v) is 13.7. The minimum absolute atomic E-state index is 0.223. The normalized spacial score (nSPS) is 17.2. The van der Waals surface area contributed by atoms with Crippen molar-refractivity contribution in [2.24, 2.45) is 5.92 Å². The van der Waals surface area contributed by atoms with Gasteiger partial charge in [-0.1, -0.05) is 6.07 Å². The van der Waals surface area contributed by atoms with E-state index < -0.39 is 5.60 Å². The molecule has 0 aromatic carbocycles. The summed E-state index contributed by atoms with van der Waals surface area (Å²) in [5.41, 5.74) is -0.475. The van der Waals surface area contributed by atoms with E-state index in [0.717, 1.165) is 22.2 Å². The smallest absolute Gasteiger partial charge is 0.252 e. The van der Waals surface area contributed by atoms with Gasteiger partial charge in [-0.15, -0.1) is 11.3 Å². The summed E-state index contributed by atoms with van der Waals surface area (Å²) >= 11 is 4.82. The Morgan fingerprint density at radius 1 is 1.52 bits per heavy atom. The highest BCUT2D eigenvalue weighted by Gasteiger charge is 2.45. The van der Waals surface area contributed by atoms with Crippen LogP contribution in [0.25, 0.3) is 0 Å². The van der Waals surface area contributed by atoms with Crippen LogP contribution in [0.1, 0.15) is 28.1 Å². The molecule has 21 heavy (non-hydrogen) atoms. The van der Waals surface area contributed by atoms with Crippen LogP contribution in [-0.2, 0) is 5.60 Å². The Morgan fingerprint density at radius 2 is 2.33 bits per heavy atom. The predicted molar refractivity (Wildman–Crippen MR) is 85.2 cm³/mol. The van der Waals surface area contributed by atoms with Gasteiger partial charge in [0.2, 0.25) is 0 Å². The molecule has 1 aliphatic rings. The second-order valence-corrected chi connectivity index (χ2v) is 7.11. The molecule has 0 bridgehead atoms. The Balaban J connectivity index is 1.72. The number of hydrogen-bond acceptors (Lipinski definition) is 4. The van der Waals surface area contributed by atoms with Gasteiger partial charge in [0, 0.05) is 21.7 Å². The van der Waals surface area contributed by atoms with Crippen LogP contribution in [0, 0.1) is 5.92 Å². The van der Waals surface area contributed by atoms with Gasteiger partial charge < -0.3 is 10.4 Å². The van der Waals surface area contributed by atoms with Crippen molar-refractivity contribution in [1.82, 2.24) is 10.3 Å². The lowest BCUT2D eigenvalue weighted by atomic mass is 9.95. The van der Waals surface area contributed by atoms with E-state index >= 15 is 0 Å². The van der Waals surface area contributed by atoms with Crippen LogP contribution in [-0.4, -0.2) is 22.5 Å². The van der Waals surface area contributed by atoms with E-state index in [1.807, 2.05) is 17.5 Å². The maximum atomic E-state index is 12.2. The van der Waals surface area contributed by atoms with E-state index in [4.69, 9.17) is 0 Å². The maximum absolute atomic E-state index is 12.2. The van der Waals surface area contributed by atoms with E-state index in [9.17, 15) is 9.90 Å². The fraction of sp³-hybridized carbons (Fsp3) is 0.333. The molecule has 0 saturated heterocycles. The van der Waals surface area contributed by atoms with Gasteiger partial charge in [0.05, 0.1) is 12.1 Å². The quantitative estimate of drug-likeness (QED) is 0.854. The van der Waals surface area contributed by atoms with Crippen LogP contribution in [0.15, 0.2) is 40.4 Å². The zero-order chi connectivity index (χ0) is 14.9. The third-order valence-electron chi connectivity index (χ3n) is 3.69. The van der Waals surface area contributed by atoms with Crippen LogP contribution in [0.3, 0.4) is 0 Å². The summed E-state index contributed by atoms with van der Waals surface area (Å²) in [6.45, 7) is 0.226. The number of carbonyl (C=O) groups excluding carboxylic acids is 1. The topological polar surface area (TPSA) is 62.2 Å².